The molecule has 1 aliphatic rings. The van der Waals surface area contributed by atoms with Crippen LogP contribution in [-0.4, -0.2) is 34.7 Å². The normalized spacial score (nSPS) is 16.3. The van der Waals surface area contributed by atoms with E-state index in [0.29, 0.717) is 34.6 Å². The average molecular weight is 408 g/mol. The Labute approximate surface area is 173 Å². The summed E-state index contributed by atoms with van der Waals surface area (Å²) in [5.41, 5.74) is 4.54. The van der Waals surface area contributed by atoms with Crippen molar-refractivity contribution in [2.45, 2.75) is 25.9 Å². The van der Waals surface area contributed by atoms with E-state index in [0.717, 1.165) is 13.0 Å². The Kier molecular flexibility index (Phi) is 5.29. The van der Waals surface area contributed by atoms with Gasteiger partial charge >= 0.3 is 0 Å². The minimum Gasteiger partial charge on any atom is -0.508 e. The molecule has 0 radical (unpaired) electrons. The molecule has 4 rings (SSSR count). The summed E-state index contributed by atoms with van der Waals surface area (Å²) in [7, 11) is 1.64. The second kappa shape index (κ2) is 7.90. The Morgan fingerprint density at radius 2 is 2.13 bits per heavy atom. The number of halogens is 2. The Bertz CT molecular complexity index is 1170. The molecule has 1 fully saturated rings. The van der Waals surface area contributed by atoms with E-state index >= 15 is 4.39 Å². The third-order valence-corrected chi connectivity index (χ3v) is 5.46. The highest BCUT2D eigenvalue weighted by molar-refractivity contribution is 6.01. The van der Waals surface area contributed by atoms with E-state index < -0.39 is 11.6 Å². The van der Waals surface area contributed by atoms with E-state index in [1.807, 2.05) is 5.01 Å². The Morgan fingerprint density at radius 1 is 1.37 bits per heavy atom. The molecule has 5 nitrogen and oxygen atoms in total. The molecule has 0 spiro atoms. The molecule has 0 amide bonds. The van der Waals surface area contributed by atoms with E-state index in [9.17, 15) is 9.50 Å². The third-order valence-electron chi connectivity index (χ3n) is 5.46. The summed E-state index contributed by atoms with van der Waals surface area (Å²) in [4.78, 5) is 4.33. The van der Waals surface area contributed by atoms with Gasteiger partial charge in [-0.3, -0.25) is 10.4 Å². The molecule has 2 aromatic carbocycles. The highest BCUT2D eigenvalue weighted by Gasteiger charge is 2.26. The standard InChI is InChI=1S/C23H22F2N4O/c1-4-15-12-29(28-15)11-14-10-27-23(21(25)22(14)26-3)18-9-16(30)8-13-6-7-19(24)17(5-2)20(13)18/h2,6-10,15,28,30H,4,11-12H2,1,3H3,(H,26,27). The van der Waals surface area contributed by atoms with E-state index in [-0.39, 0.29) is 22.6 Å². The number of pyridine rings is 1. The number of aromatic hydroxyl groups is 1. The van der Waals surface area contributed by atoms with Crippen molar-refractivity contribution in [1.29, 1.82) is 0 Å². The lowest BCUT2D eigenvalue weighted by atomic mass is 9.95. The van der Waals surface area contributed by atoms with Crippen LogP contribution in [0.4, 0.5) is 14.5 Å². The van der Waals surface area contributed by atoms with Crippen molar-refractivity contribution in [3.05, 3.63) is 53.2 Å². The number of fused-ring (bicyclic) bond motifs is 1. The van der Waals surface area contributed by atoms with Gasteiger partial charge in [-0.15, -0.1) is 6.42 Å². The van der Waals surface area contributed by atoms with Gasteiger partial charge in [0, 0.05) is 48.9 Å². The van der Waals surface area contributed by atoms with E-state index in [2.05, 4.69) is 28.6 Å². The number of anilines is 1. The molecule has 0 saturated carbocycles. The minimum absolute atomic E-state index is 0.00546. The number of hydrazine groups is 1. The van der Waals surface area contributed by atoms with Gasteiger partial charge in [-0.2, -0.15) is 0 Å². The van der Waals surface area contributed by atoms with Crippen LogP contribution in [0.3, 0.4) is 0 Å². The third kappa shape index (κ3) is 3.34. The Morgan fingerprint density at radius 3 is 2.80 bits per heavy atom. The summed E-state index contributed by atoms with van der Waals surface area (Å²) in [5.74, 6) is 1.09. The largest absolute Gasteiger partial charge is 0.508 e. The molecule has 3 N–H and O–H groups in total. The van der Waals surface area contributed by atoms with Crippen LogP contribution in [0.2, 0.25) is 0 Å². The zero-order chi connectivity index (χ0) is 21.4. The molecular formula is C23H22F2N4O. The van der Waals surface area contributed by atoms with Crippen molar-refractivity contribution in [1.82, 2.24) is 15.4 Å². The smallest absolute Gasteiger partial charge is 0.172 e. The number of phenols is 1. The summed E-state index contributed by atoms with van der Waals surface area (Å²) in [6.07, 6.45) is 8.15. The molecule has 3 aromatic rings. The van der Waals surface area contributed by atoms with Gasteiger partial charge in [0.25, 0.3) is 0 Å². The van der Waals surface area contributed by atoms with Gasteiger partial charge in [0.15, 0.2) is 5.82 Å². The molecular weight excluding hydrogens is 386 g/mol. The van der Waals surface area contributed by atoms with Gasteiger partial charge in [0.05, 0.1) is 11.3 Å². The van der Waals surface area contributed by atoms with Crippen LogP contribution in [-0.2, 0) is 6.54 Å². The van der Waals surface area contributed by atoms with Crippen LogP contribution in [0.5, 0.6) is 5.75 Å². The Hall–Kier alpha value is -3.21. The number of nitrogens with zero attached hydrogens (tertiary/aromatic N) is 2. The van der Waals surface area contributed by atoms with E-state index in [1.54, 1.807) is 13.2 Å². The van der Waals surface area contributed by atoms with Crippen molar-refractivity contribution < 1.29 is 13.9 Å². The molecule has 0 aliphatic carbocycles. The molecule has 1 aliphatic heterocycles. The lowest BCUT2D eigenvalue weighted by Crippen LogP contribution is -2.60. The first-order valence-electron chi connectivity index (χ1n) is 9.75. The number of nitrogens with one attached hydrogen (secondary N) is 2. The maximum absolute atomic E-state index is 15.5. The lowest BCUT2D eigenvalue weighted by Gasteiger charge is -2.40. The zero-order valence-corrected chi connectivity index (χ0v) is 16.8. The quantitative estimate of drug-likeness (QED) is 0.557. The average Bonchev–Trinajstić information content (AvgIpc) is 2.70. The van der Waals surface area contributed by atoms with Crippen LogP contribution in [0.25, 0.3) is 22.0 Å². The number of hydrogen-bond acceptors (Lipinski definition) is 5. The van der Waals surface area contributed by atoms with Crippen LogP contribution in [0, 0.1) is 24.0 Å². The fourth-order valence-corrected chi connectivity index (χ4v) is 3.90. The van der Waals surface area contributed by atoms with Crippen LogP contribution >= 0.6 is 0 Å². The van der Waals surface area contributed by atoms with Crippen molar-refractivity contribution in [3.63, 3.8) is 0 Å². The number of hydrogen-bond donors (Lipinski definition) is 3. The van der Waals surface area contributed by atoms with Crippen LogP contribution in [0.1, 0.15) is 24.5 Å². The first-order chi connectivity index (χ1) is 14.5. The van der Waals surface area contributed by atoms with Gasteiger partial charge in [-0.05, 0) is 30.0 Å². The molecule has 7 heteroatoms. The molecule has 1 atom stereocenters. The van der Waals surface area contributed by atoms with Crippen molar-refractivity contribution in [2.24, 2.45) is 0 Å². The monoisotopic (exact) mass is 408 g/mol. The number of terminal acetylenes is 1. The van der Waals surface area contributed by atoms with Crippen LogP contribution in [0.15, 0.2) is 30.5 Å². The summed E-state index contributed by atoms with van der Waals surface area (Å²) < 4.78 is 29.9. The van der Waals surface area contributed by atoms with E-state index in [1.165, 1.54) is 24.3 Å². The van der Waals surface area contributed by atoms with Crippen molar-refractivity contribution in [3.8, 4) is 29.4 Å². The molecule has 2 heterocycles. The second-order valence-electron chi connectivity index (χ2n) is 7.34. The van der Waals surface area contributed by atoms with E-state index in [4.69, 9.17) is 6.42 Å². The molecule has 154 valence electrons. The molecule has 1 saturated heterocycles. The number of benzene rings is 2. The van der Waals surface area contributed by atoms with Gasteiger partial charge < -0.3 is 10.4 Å². The van der Waals surface area contributed by atoms with Gasteiger partial charge in [-0.25, -0.2) is 13.8 Å². The number of aromatic nitrogens is 1. The highest BCUT2D eigenvalue weighted by atomic mass is 19.1. The molecule has 1 unspecified atom stereocenters. The molecule has 1 aromatic heterocycles. The first kappa shape index (κ1) is 20.1. The highest BCUT2D eigenvalue weighted by Crippen LogP contribution is 2.38. The predicted octanol–water partition coefficient (Wildman–Crippen LogP) is 4.01. The molecule has 30 heavy (non-hydrogen) atoms. The van der Waals surface area contributed by atoms with Gasteiger partial charge in [0.2, 0.25) is 0 Å². The maximum Gasteiger partial charge on any atom is 0.172 e. The van der Waals surface area contributed by atoms with Crippen molar-refractivity contribution >= 4 is 16.5 Å². The number of phenolic OH excluding ortho intramolecular Hbond substituents is 1. The summed E-state index contributed by atoms with van der Waals surface area (Å²) >= 11 is 0. The number of rotatable bonds is 5. The maximum atomic E-state index is 15.5. The topological polar surface area (TPSA) is 60.4 Å². The zero-order valence-electron chi connectivity index (χ0n) is 16.8. The summed E-state index contributed by atoms with van der Waals surface area (Å²) in [6.45, 7) is 3.48. The molecule has 0 bridgehead atoms. The fourth-order valence-electron chi connectivity index (χ4n) is 3.90. The van der Waals surface area contributed by atoms with Crippen molar-refractivity contribution in [2.75, 3.05) is 18.9 Å². The van der Waals surface area contributed by atoms with Gasteiger partial charge in [-0.1, -0.05) is 18.9 Å². The van der Waals surface area contributed by atoms with Crippen LogP contribution < -0.4 is 10.7 Å². The first-order valence-corrected chi connectivity index (χ1v) is 9.75. The minimum atomic E-state index is -0.586. The lowest BCUT2D eigenvalue weighted by molar-refractivity contribution is 0.0325. The predicted molar refractivity (Wildman–Crippen MR) is 114 cm³/mol. The summed E-state index contributed by atoms with van der Waals surface area (Å²) in [6, 6.07) is 5.99. The SMILES string of the molecule is C#Cc1c(F)ccc2cc(O)cc(-c3ncc(CN4CC(CC)N4)c(NC)c3F)c12. The van der Waals surface area contributed by atoms with Gasteiger partial charge in [0.1, 0.15) is 17.3 Å². The summed E-state index contributed by atoms with van der Waals surface area (Å²) in [5, 5.41) is 15.9. The fraction of sp³-hybridized carbons (Fsp3) is 0.261. The Balaban J connectivity index is 1.84. The second-order valence-corrected chi connectivity index (χ2v) is 7.34.